The molecular formula is C11H16BrN3. The van der Waals surface area contributed by atoms with Gasteiger partial charge in [-0.3, -0.25) is 0 Å². The van der Waals surface area contributed by atoms with Crippen LogP contribution in [0.25, 0.3) is 0 Å². The third-order valence-corrected chi connectivity index (χ3v) is 2.43. The van der Waals surface area contributed by atoms with Crippen molar-refractivity contribution >= 4 is 21.7 Å². The van der Waals surface area contributed by atoms with E-state index in [4.69, 9.17) is 5.73 Å². The molecule has 1 heterocycles. The topological polar surface area (TPSA) is 42.2 Å². The highest BCUT2D eigenvalue weighted by molar-refractivity contribution is 9.10. The lowest BCUT2D eigenvalue weighted by molar-refractivity contribution is 0.919. The van der Waals surface area contributed by atoms with E-state index in [0.29, 0.717) is 6.54 Å². The number of pyridine rings is 1. The van der Waals surface area contributed by atoms with Gasteiger partial charge in [-0.1, -0.05) is 12.2 Å². The van der Waals surface area contributed by atoms with Crippen LogP contribution in [0.4, 0.5) is 5.82 Å². The van der Waals surface area contributed by atoms with Crippen LogP contribution < -0.4 is 10.6 Å². The Morgan fingerprint density at radius 2 is 2.33 bits per heavy atom. The number of halogens is 1. The van der Waals surface area contributed by atoms with E-state index in [-0.39, 0.29) is 0 Å². The average molecular weight is 270 g/mol. The van der Waals surface area contributed by atoms with Crippen LogP contribution in [0.2, 0.25) is 0 Å². The molecule has 1 aromatic heterocycles. The zero-order valence-corrected chi connectivity index (χ0v) is 10.7. The molecule has 0 atom stereocenters. The molecule has 0 aromatic carbocycles. The largest absolute Gasteiger partial charge is 0.355 e. The summed E-state index contributed by atoms with van der Waals surface area (Å²) in [5, 5.41) is 0. The van der Waals surface area contributed by atoms with Crippen molar-refractivity contribution in [3.8, 4) is 0 Å². The van der Waals surface area contributed by atoms with E-state index in [1.165, 1.54) is 0 Å². The van der Waals surface area contributed by atoms with Gasteiger partial charge in [0.25, 0.3) is 0 Å². The zero-order chi connectivity index (χ0) is 11.4. The number of hydrogen-bond acceptors (Lipinski definition) is 3. The van der Waals surface area contributed by atoms with Crippen molar-refractivity contribution in [1.82, 2.24) is 4.98 Å². The summed E-state index contributed by atoms with van der Waals surface area (Å²) in [6.07, 6.45) is 1.78. The van der Waals surface area contributed by atoms with Crippen LogP contribution in [0.5, 0.6) is 0 Å². The van der Waals surface area contributed by atoms with Crippen LogP contribution in [0.3, 0.4) is 0 Å². The summed E-state index contributed by atoms with van der Waals surface area (Å²) in [5.41, 5.74) is 7.82. The fourth-order valence-electron chi connectivity index (χ4n) is 1.45. The number of rotatable bonds is 4. The van der Waals surface area contributed by atoms with E-state index in [1.807, 2.05) is 20.0 Å². The summed E-state index contributed by atoms with van der Waals surface area (Å²) < 4.78 is 0.954. The smallest absolute Gasteiger partial charge is 0.133 e. The number of anilines is 1. The fraction of sp³-hybridized carbons (Fsp3) is 0.364. The minimum Gasteiger partial charge on any atom is -0.355 e. The average Bonchev–Trinajstić information content (AvgIpc) is 2.16. The first-order valence-electron chi connectivity index (χ1n) is 4.74. The van der Waals surface area contributed by atoms with E-state index in [9.17, 15) is 0 Å². The maximum absolute atomic E-state index is 5.68. The van der Waals surface area contributed by atoms with Gasteiger partial charge in [0.1, 0.15) is 5.82 Å². The lowest BCUT2D eigenvalue weighted by atomic mass is 10.2. The second kappa shape index (κ2) is 5.28. The van der Waals surface area contributed by atoms with E-state index >= 15 is 0 Å². The predicted octanol–water partition coefficient (Wildman–Crippen LogP) is 2.32. The summed E-state index contributed by atoms with van der Waals surface area (Å²) in [5.74, 6) is 0.920. The highest BCUT2D eigenvalue weighted by atomic mass is 79.9. The molecule has 0 radical (unpaired) electrons. The second-order valence-electron chi connectivity index (χ2n) is 3.65. The summed E-state index contributed by atoms with van der Waals surface area (Å²) in [4.78, 5) is 6.41. The summed E-state index contributed by atoms with van der Waals surface area (Å²) in [7, 11) is 1.99. The number of nitrogens with two attached hydrogens (primary N) is 1. The van der Waals surface area contributed by atoms with Crippen molar-refractivity contribution in [2.45, 2.75) is 13.5 Å². The quantitative estimate of drug-likeness (QED) is 0.854. The molecule has 3 nitrogen and oxygen atoms in total. The van der Waals surface area contributed by atoms with Gasteiger partial charge in [-0.25, -0.2) is 4.98 Å². The molecule has 1 aromatic rings. The van der Waals surface area contributed by atoms with Crippen LogP contribution in [0, 0.1) is 0 Å². The number of aromatic nitrogens is 1. The molecule has 2 N–H and O–H groups in total. The van der Waals surface area contributed by atoms with E-state index in [1.54, 1.807) is 6.20 Å². The van der Waals surface area contributed by atoms with Crippen LogP contribution in [0.15, 0.2) is 28.9 Å². The SMILES string of the molecule is C=C(C)CN(C)c1ncc(Br)cc1CN. The minimum absolute atomic E-state index is 0.488. The Morgan fingerprint density at radius 1 is 1.67 bits per heavy atom. The van der Waals surface area contributed by atoms with Crippen LogP contribution in [-0.2, 0) is 6.54 Å². The minimum atomic E-state index is 0.488. The molecule has 0 bridgehead atoms. The van der Waals surface area contributed by atoms with Crippen molar-refractivity contribution in [2.75, 3.05) is 18.5 Å². The molecule has 0 fully saturated rings. The monoisotopic (exact) mass is 269 g/mol. The third kappa shape index (κ3) is 3.32. The van der Waals surface area contributed by atoms with Gasteiger partial charge in [-0.15, -0.1) is 0 Å². The summed E-state index contributed by atoms with van der Waals surface area (Å²) >= 11 is 3.38. The Balaban J connectivity index is 2.97. The Morgan fingerprint density at radius 3 is 2.87 bits per heavy atom. The molecule has 82 valence electrons. The lowest BCUT2D eigenvalue weighted by Gasteiger charge is -2.20. The van der Waals surface area contributed by atoms with Gasteiger partial charge >= 0.3 is 0 Å². The van der Waals surface area contributed by atoms with Crippen LogP contribution >= 0.6 is 15.9 Å². The maximum atomic E-state index is 5.68. The highest BCUT2D eigenvalue weighted by Gasteiger charge is 2.08. The third-order valence-electron chi connectivity index (χ3n) is 2.00. The molecule has 0 aliphatic heterocycles. The van der Waals surface area contributed by atoms with Crippen molar-refractivity contribution < 1.29 is 0 Å². The Bertz CT molecular complexity index is 363. The highest BCUT2D eigenvalue weighted by Crippen LogP contribution is 2.20. The molecule has 0 saturated carbocycles. The number of hydrogen-bond donors (Lipinski definition) is 1. The molecule has 4 heteroatoms. The summed E-state index contributed by atoms with van der Waals surface area (Å²) in [6, 6.07) is 2.00. The van der Waals surface area contributed by atoms with Crippen molar-refractivity contribution in [3.05, 3.63) is 34.5 Å². The molecule has 15 heavy (non-hydrogen) atoms. The molecule has 0 aliphatic rings. The van der Waals surface area contributed by atoms with Gasteiger partial charge in [0.15, 0.2) is 0 Å². The molecule has 1 rings (SSSR count). The Hall–Kier alpha value is -0.870. The summed E-state index contributed by atoms with van der Waals surface area (Å²) in [6.45, 7) is 7.16. The van der Waals surface area contributed by atoms with Crippen molar-refractivity contribution in [3.63, 3.8) is 0 Å². The van der Waals surface area contributed by atoms with Gasteiger partial charge < -0.3 is 10.6 Å². The molecular weight excluding hydrogens is 254 g/mol. The lowest BCUT2D eigenvalue weighted by Crippen LogP contribution is -2.22. The molecule has 0 amide bonds. The number of nitrogens with zero attached hydrogens (tertiary/aromatic N) is 2. The zero-order valence-electron chi connectivity index (χ0n) is 9.13. The first-order valence-corrected chi connectivity index (χ1v) is 5.54. The fourth-order valence-corrected chi connectivity index (χ4v) is 1.83. The van der Waals surface area contributed by atoms with E-state index in [0.717, 1.165) is 28.0 Å². The van der Waals surface area contributed by atoms with Gasteiger partial charge in [0, 0.05) is 36.4 Å². The molecule has 0 unspecified atom stereocenters. The van der Waals surface area contributed by atoms with Crippen molar-refractivity contribution in [2.24, 2.45) is 5.73 Å². The van der Waals surface area contributed by atoms with Crippen LogP contribution in [0.1, 0.15) is 12.5 Å². The number of likely N-dealkylation sites (N-methyl/N-ethyl adjacent to an activating group) is 1. The van der Waals surface area contributed by atoms with E-state index in [2.05, 4.69) is 32.4 Å². The Labute approximate surface area is 99.1 Å². The second-order valence-corrected chi connectivity index (χ2v) is 4.57. The van der Waals surface area contributed by atoms with E-state index < -0.39 is 0 Å². The molecule has 0 saturated heterocycles. The maximum Gasteiger partial charge on any atom is 0.133 e. The standard InChI is InChI=1S/C11H16BrN3/c1-8(2)7-15(3)11-9(5-13)4-10(12)6-14-11/h4,6H,1,5,7,13H2,2-3H3. The van der Waals surface area contributed by atoms with Gasteiger partial charge in [0.2, 0.25) is 0 Å². The predicted molar refractivity (Wildman–Crippen MR) is 67.9 cm³/mol. The Kier molecular flexibility index (Phi) is 4.29. The van der Waals surface area contributed by atoms with Gasteiger partial charge in [-0.2, -0.15) is 0 Å². The van der Waals surface area contributed by atoms with Gasteiger partial charge in [-0.05, 0) is 28.9 Å². The first kappa shape index (κ1) is 12.2. The van der Waals surface area contributed by atoms with Crippen molar-refractivity contribution in [1.29, 1.82) is 0 Å². The molecule has 0 aliphatic carbocycles. The van der Waals surface area contributed by atoms with Crippen LogP contribution in [-0.4, -0.2) is 18.6 Å². The normalized spacial score (nSPS) is 10.1. The molecule has 0 spiro atoms. The van der Waals surface area contributed by atoms with Gasteiger partial charge in [0.05, 0.1) is 0 Å². The first-order chi connectivity index (χ1) is 7.04.